The number of benzene rings is 2. The lowest BCUT2D eigenvalue weighted by Gasteiger charge is -2.09. The van der Waals surface area contributed by atoms with Crippen LogP contribution in [-0.4, -0.2) is 32.1 Å². The first-order chi connectivity index (χ1) is 12.2. The number of carbonyl (C=O) groups excluding carboxylic acids is 2. The molecule has 0 fully saturated rings. The topological polar surface area (TPSA) is 91.5 Å². The van der Waals surface area contributed by atoms with E-state index in [4.69, 9.17) is 4.74 Å². The first-order valence-corrected chi connectivity index (χ1v) is 7.94. The first kappa shape index (κ1) is 18.3. The molecule has 0 atom stereocenters. The van der Waals surface area contributed by atoms with E-state index in [2.05, 4.69) is 21.5 Å². The molecule has 0 bridgehead atoms. The maximum atomic E-state index is 12.0. The van der Waals surface area contributed by atoms with Gasteiger partial charge < -0.3 is 20.8 Å². The van der Waals surface area contributed by atoms with Crippen LogP contribution in [0.4, 0.5) is 10.5 Å². The van der Waals surface area contributed by atoms with E-state index < -0.39 is 6.09 Å². The highest BCUT2D eigenvalue weighted by molar-refractivity contribution is 5.94. The number of hydrogen-bond acceptors (Lipinski definition) is 5. The normalized spacial score (nSPS) is 9.96. The number of nitrogens with one attached hydrogen (secondary N) is 4. The second kappa shape index (κ2) is 9.94. The van der Waals surface area contributed by atoms with Crippen molar-refractivity contribution in [1.29, 1.82) is 0 Å². The van der Waals surface area contributed by atoms with Crippen LogP contribution in [-0.2, 0) is 11.3 Å². The number of amides is 2. The van der Waals surface area contributed by atoms with Crippen LogP contribution < -0.4 is 21.5 Å². The predicted molar refractivity (Wildman–Crippen MR) is 96.1 cm³/mol. The van der Waals surface area contributed by atoms with Crippen LogP contribution in [0.5, 0.6) is 0 Å². The third-order valence-electron chi connectivity index (χ3n) is 3.31. The number of ether oxygens (including phenoxy) is 1. The molecule has 132 valence electrons. The van der Waals surface area contributed by atoms with Crippen molar-refractivity contribution in [2.24, 2.45) is 0 Å². The zero-order chi connectivity index (χ0) is 17.9. The lowest BCUT2D eigenvalue weighted by Crippen LogP contribution is -2.34. The second-order valence-electron chi connectivity index (χ2n) is 5.20. The molecular formula is C18H22N4O3. The summed E-state index contributed by atoms with van der Waals surface area (Å²) in [4.78, 5) is 23.5. The third-order valence-corrected chi connectivity index (χ3v) is 3.31. The van der Waals surface area contributed by atoms with Crippen LogP contribution in [0.25, 0.3) is 0 Å². The van der Waals surface area contributed by atoms with Gasteiger partial charge in [-0.3, -0.25) is 4.79 Å². The van der Waals surface area contributed by atoms with Gasteiger partial charge in [-0.1, -0.05) is 30.3 Å². The minimum atomic E-state index is -0.513. The van der Waals surface area contributed by atoms with Crippen molar-refractivity contribution in [3.05, 3.63) is 65.7 Å². The SMILES string of the molecule is CNNc1ccc(C(=O)NCCNC(=O)OCc2ccccc2)cc1. The fraction of sp³-hybridized carbons (Fsp3) is 0.222. The molecule has 0 aliphatic rings. The molecule has 0 heterocycles. The van der Waals surface area contributed by atoms with Crippen LogP contribution in [0.1, 0.15) is 15.9 Å². The predicted octanol–water partition coefficient (Wildman–Crippen LogP) is 1.89. The molecule has 2 aromatic rings. The minimum Gasteiger partial charge on any atom is -0.445 e. The summed E-state index contributed by atoms with van der Waals surface area (Å²) in [5.41, 5.74) is 8.05. The molecular weight excluding hydrogens is 320 g/mol. The van der Waals surface area contributed by atoms with Gasteiger partial charge in [-0.2, -0.15) is 0 Å². The largest absolute Gasteiger partial charge is 0.445 e. The zero-order valence-corrected chi connectivity index (χ0v) is 14.0. The van der Waals surface area contributed by atoms with Gasteiger partial charge >= 0.3 is 6.09 Å². The second-order valence-corrected chi connectivity index (χ2v) is 5.20. The van der Waals surface area contributed by atoms with Crippen molar-refractivity contribution in [1.82, 2.24) is 16.1 Å². The Morgan fingerprint density at radius 3 is 2.28 bits per heavy atom. The highest BCUT2D eigenvalue weighted by atomic mass is 16.5. The number of carbonyl (C=O) groups is 2. The molecule has 2 amide bonds. The van der Waals surface area contributed by atoms with Crippen LogP contribution in [0.3, 0.4) is 0 Å². The average Bonchev–Trinajstić information content (AvgIpc) is 2.65. The van der Waals surface area contributed by atoms with Crippen LogP contribution in [0, 0.1) is 0 Å². The van der Waals surface area contributed by atoms with E-state index in [-0.39, 0.29) is 12.5 Å². The Bertz CT molecular complexity index is 674. The molecule has 0 aliphatic heterocycles. The molecule has 7 heteroatoms. The first-order valence-electron chi connectivity index (χ1n) is 7.94. The van der Waals surface area contributed by atoms with E-state index in [1.807, 2.05) is 30.3 Å². The molecule has 0 aromatic heterocycles. The lowest BCUT2D eigenvalue weighted by atomic mass is 10.2. The van der Waals surface area contributed by atoms with Crippen molar-refractivity contribution in [2.75, 3.05) is 25.6 Å². The summed E-state index contributed by atoms with van der Waals surface area (Å²) in [5, 5.41) is 5.33. The monoisotopic (exact) mass is 342 g/mol. The van der Waals surface area contributed by atoms with Crippen molar-refractivity contribution in [2.45, 2.75) is 6.61 Å². The zero-order valence-electron chi connectivity index (χ0n) is 14.0. The fourth-order valence-corrected chi connectivity index (χ4v) is 2.07. The van der Waals surface area contributed by atoms with Crippen molar-refractivity contribution in [3.63, 3.8) is 0 Å². The Morgan fingerprint density at radius 1 is 0.920 bits per heavy atom. The maximum absolute atomic E-state index is 12.0. The van der Waals surface area contributed by atoms with Gasteiger partial charge in [-0.25, -0.2) is 10.2 Å². The van der Waals surface area contributed by atoms with Gasteiger partial charge in [0.25, 0.3) is 5.91 Å². The number of hydrazine groups is 1. The van der Waals surface area contributed by atoms with E-state index in [0.29, 0.717) is 18.7 Å². The summed E-state index contributed by atoms with van der Waals surface area (Å²) in [7, 11) is 1.76. The fourth-order valence-electron chi connectivity index (χ4n) is 2.07. The summed E-state index contributed by atoms with van der Waals surface area (Å²) < 4.78 is 5.08. The van der Waals surface area contributed by atoms with Gasteiger partial charge in [0.2, 0.25) is 0 Å². The number of alkyl carbamates (subject to hydrolysis) is 1. The highest BCUT2D eigenvalue weighted by Gasteiger charge is 2.06. The Balaban J connectivity index is 1.63. The van der Waals surface area contributed by atoms with Crippen LogP contribution in [0.2, 0.25) is 0 Å². The van der Waals surface area contributed by atoms with Crippen LogP contribution in [0.15, 0.2) is 54.6 Å². The summed E-state index contributed by atoms with van der Waals surface area (Å²) in [6, 6.07) is 16.5. The minimum absolute atomic E-state index is 0.199. The van der Waals surface area contributed by atoms with E-state index in [9.17, 15) is 9.59 Å². The Hall–Kier alpha value is -3.06. The Kier molecular flexibility index (Phi) is 7.27. The van der Waals surface area contributed by atoms with Gasteiger partial charge in [-0.05, 0) is 29.8 Å². The summed E-state index contributed by atoms with van der Waals surface area (Å²) in [6.07, 6.45) is -0.513. The van der Waals surface area contributed by atoms with Gasteiger partial charge in [0, 0.05) is 31.4 Å². The average molecular weight is 342 g/mol. The molecule has 2 rings (SSSR count). The highest BCUT2D eigenvalue weighted by Crippen LogP contribution is 2.08. The molecule has 0 radical (unpaired) electrons. The lowest BCUT2D eigenvalue weighted by molar-refractivity contribution is 0.0951. The quantitative estimate of drug-likeness (QED) is 0.434. The van der Waals surface area contributed by atoms with Crippen molar-refractivity contribution >= 4 is 17.7 Å². The van der Waals surface area contributed by atoms with Gasteiger partial charge in [0.1, 0.15) is 6.61 Å². The standard InChI is InChI=1S/C18H22N4O3/c1-19-22-16-9-7-15(8-10-16)17(23)20-11-12-21-18(24)25-13-14-5-3-2-4-6-14/h2-10,19,22H,11-13H2,1H3,(H,20,23)(H,21,24). The van der Waals surface area contributed by atoms with Crippen LogP contribution >= 0.6 is 0 Å². The molecule has 0 unspecified atom stereocenters. The molecule has 0 saturated carbocycles. The van der Waals surface area contributed by atoms with E-state index in [0.717, 1.165) is 11.3 Å². The molecule has 7 nitrogen and oxygen atoms in total. The van der Waals surface area contributed by atoms with E-state index in [1.165, 1.54) is 0 Å². The summed E-state index contributed by atoms with van der Waals surface area (Å²) in [6.45, 7) is 0.820. The Morgan fingerprint density at radius 2 is 1.60 bits per heavy atom. The molecule has 0 spiro atoms. The molecule has 4 N–H and O–H groups in total. The smallest absolute Gasteiger partial charge is 0.407 e. The van der Waals surface area contributed by atoms with Crippen molar-refractivity contribution in [3.8, 4) is 0 Å². The summed E-state index contributed by atoms with van der Waals surface area (Å²) >= 11 is 0. The van der Waals surface area contributed by atoms with Gasteiger partial charge in [0.05, 0.1) is 0 Å². The molecule has 25 heavy (non-hydrogen) atoms. The van der Waals surface area contributed by atoms with Crippen molar-refractivity contribution < 1.29 is 14.3 Å². The van der Waals surface area contributed by atoms with E-state index >= 15 is 0 Å². The van der Waals surface area contributed by atoms with Gasteiger partial charge in [0.15, 0.2) is 0 Å². The third kappa shape index (κ3) is 6.52. The molecule has 0 aliphatic carbocycles. The van der Waals surface area contributed by atoms with Gasteiger partial charge in [-0.15, -0.1) is 0 Å². The Labute approximate surface area is 146 Å². The number of rotatable bonds is 8. The number of hydrogen-bond donors (Lipinski definition) is 4. The molecule has 0 saturated heterocycles. The molecule has 2 aromatic carbocycles. The van der Waals surface area contributed by atoms with E-state index in [1.54, 1.807) is 31.3 Å². The number of anilines is 1. The summed E-state index contributed by atoms with van der Waals surface area (Å²) in [5.74, 6) is -0.199. The maximum Gasteiger partial charge on any atom is 0.407 e.